The molecule has 0 unspecified atom stereocenters. The summed E-state index contributed by atoms with van der Waals surface area (Å²) in [4.78, 5) is 11.6. The van der Waals surface area contributed by atoms with Gasteiger partial charge in [0.25, 0.3) is 0 Å². The van der Waals surface area contributed by atoms with Crippen LogP contribution in [0.4, 0.5) is 0 Å². The fraction of sp³-hybridized carbons (Fsp3) is 0.923. The number of carbonyl (C=O) groups excluding carboxylic acids is 1. The summed E-state index contributed by atoms with van der Waals surface area (Å²) in [7, 11) is 0. The molecule has 0 aromatic heterocycles. The second kappa shape index (κ2) is 6.24. The molecule has 0 aliphatic heterocycles. The summed E-state index contributed by atoms with van der Waals surface area (Å²) in [5.74, 6) is 0.0822. The smallest absolute Gasteiger partial charge is 0.234 e. The van der Waals surface area contributed by atoms with Gasteiger partial charge in [0.15, 0.2) is 0 Å². The third-order valence-electron chi connectivity index (χ3n) is 3.21. The van der Waals surface area contributed by atoms with Gasteiger partial charge in [0, 0.05) is 12.1 Å². The van der Waals surface area contributed by atoms with Gasteiger partial charge in [0.05, 0.1) is 6.54 Å². The summed E-state index contributed by atoms with van der Waals surface area (Å²) in [6, 6.07) is 0. The molecule has 2 N–H and O–H groups in total. The monoisotopic (exact) mass is 228 g/mol. The zero-order valence-electron chi connectivity index (χ0n) is 11.7. The fourth-order valence-electron chi connectivity index (χ4n) is 1.15. The Morgan fingerprint density at radius 2 is 1.62 bits per heavy atom. The lowest BCUT2D eigenvalue weighted by atomic mass is 9.90. The highest BCUT2D eigenvalue weighted by Gasteiger charge is 2.18. The van der Waals surface area contributed by atoms with Crippen LogP contribution in [-0.4, -0.2) is 24.5 Å². The molecule has 0 heterocycles. The number of hydrogen-bond acceptors (Lipinski definition) is 2. The molecule has 0 atom stereocenters. The molecule has 0 aliphatic carbocycles. The zero-order valence-corrected chi connectivity index (χ0v) is 11.7. The van der Waals surface area contributed by atoms with Gasteiger partial charge >= 0.3 is 0 Å². The Morgan fingerprint density at radius 1 is 1.06 bits per heavy atom. The molecular weight excluding hydrogens is 200 g/mol. The van der Waals surface area contributed by atoms with Crippen molar-refractivity contribution in [2.75, 3.05) is 13.1 Å². The van der Waals surface area contributed by atoms with Crippen molar-refractivity contribution in [3.8, 4) is 0 Å². The van der Waals surface area contributed by atoms with Crippen LogP contribution < -0.4 is 10.6 Å². The molecule has 0 spiro atoms. The van der Waals surface area contributed by atoms with E-state index in [9.17, 15) is 4.79 Å². The summed E-state index contributed by atoms with van der Waals surface area (Å²) >= 11 is 0. The Balaban J connectivity index is 3.83. The largest absolute Gasteiger partial charge is 0.350 e. The SMILES string of the molecule is CCC(C)(C)CNCC(=O)NC(C)(C)CC. The Kier molecular flexibility index (Phi) is 6.01. The Labute approximate surface area is 100 Å². The van der Waals surface area contributed by atoms with E-state index >= 15 is 0 Å². The first-order chi connectivity index (χ1) is 7.22. The average Bonchev–Trinajstić information content (AvgIpc) is 2.17. The van der Waals surface area contributed by atoms with E-state index in [4.69, 9.17) is 0 Å². The normalized spacial score (nSPS) is 12.6. The summed E-state index contributed by atoms with van der Waals surface area (Å²) in [6.07, 6.45) is 2.06. The van der Waals surface area contributed by atoms with Crippen LogP contribution in [0, 0.1) is 5.41 Å². The second-order valence-corrected chi connectivity index (χ2v) is 5.91. The van der Waals surface area contributed by atoms with Crippen LogP contribution >= 0.6 is 0 Å². The van der Waals surface area contributed by atoms with Crippen molar-refractivity contribution >= 4 is 5.91 Å². The molecule has 0 bridgehead atoms. The van der Waals surface area contributed by atoms with E-state index in [2.05, 4.69) is 38.3 Å². The predicted octanol–water partition coefficient (Wildman–Crippen LogP) is 2.32. The lowest BCUT2D eigenvalue weighted by Gasteiger charge is -2.26. The second-order valence-electron chi connectivity index (χ2n) is 5.91. The minimum Gasteiger partial charge on any atom is -0.350 e. The summed E-state index contributed by atoms with van der Waals surface area (Å²) in [6.45, 7) is 14.0. The molecule has 1 amide bonds. The minimum absolute atomic E-state index is 0.0822. The maximum Gasteiger partial charge on any atom is 0.234 e. The van der Waals surface area contributed by atoms with E-state index in [1.165, 1.54) is 0 Å². The minimum atomic E-state index is -0.0982. The molecule has 0 saturated heterocycles. The fourth-order valence-corrected chi connectivity index (χ4v) is 1.15. The van der Waals surface area contributed by atoms with Gasteiger partial charge in [0.2, 0.25) is 5.91 Å². The van der Waals surface area contributed by atoms with Crippen LogP contribution in [0.2, 0.25) is 0 Å². The van der Waals surface area contributed by atoms with Crippen molar-refractivity contribution in [2.45, 2.75) is 59.9 Å². The highest BCUT2D eigenvalue weighted by atomic mass is 16.2. The standard InChI is InChI=1S/C13H28N2O/c1-7-12(3,4)10-14-9-11(16)15-13(5,6)8-2/h14H,7-10H2,1-6H3,(H,15,16). The van der Waals surface area contributed by atoms with Gasteiger partial charge in [0.1, 0.15) is 0 Å². The van der Waals surface area contributed by atoms with Gasteiger partial charge in [-0.15, -0.1) is 0 Å². The molecule has 0 rings (SSSR count). The number of carbonyl (C=O) groups is 1. The number of hydrogen-bond donors (Lipinski definition) is 2. The summed E-state index contributed by atoms with van der Waals surface area (Å²) in [5, 5.41) is 6.22. The molecule has 0 aliphatic rings. The molecule has 0 saturated carbocycles. The van der Waals surface area contributed by atoms with Gasteiger partial charge in [-0.2, -0.15) is 0 Å². The number of nitrogens with one attached hydrogen (secondary N) is 2. The lowest BCUT2D eigenvalue weighted by molar-refractivity contribution is -0.121. The van der Waals surface area contributed by atoms with Gasteiger partial charge in [-0.25, -0.2) is 0 Å². The Bertz CT molecular complexity index is 222. The van der Waals surface area contributed by atoms with E-state index in [0.717, 1.165) is 19.4 Å². The molecule has 0 aromatic carbocycles. The lowest BCUT2D eigenvalue weighted by Crippen LogP contribution is -2.47. The third-order valence-corrected chi connectivity index (χ3v) is 3.21. The average molecular weight is 228 g/mol. The van der Waals surface area contributed by atoms with E-state index in [1.54, 1.807) is 0 Å². The first-order valence-corrected chi connectivity index (χ1v) is 6.24. The van der Waals surface area contributed by atoms with Crippen molar-refractivity contribution < 1.29 is 4.79 Å². The van der Waals surface area contributed by atoms with Gasteiger partial charge in [-0.05, 0) is 32.1 Å². The third kappa shape index (κ3) is 6.83. The molecule has 0 fully saturated rings. The maximum absolute atomic E-state index is 11.6. The van der Waals surface area contributed by atoms with Gasteiger partial charge in [-0.1, -0.05) is 27.7 Å². The molecule has 3 nitrogen and oxygen atoms in total. The van der Waals surface area contributed by atoms with Crippen molar-refractivity contribution in [2.24, 2.45) is 5.41 Å². The molecule has 0 aromatic rings. The first-order valence-electron chi connectivity index (χ1n) is 6.24. The van der Waals surface area contributed by atoms with Crippen LogP contribution in [0.15, 0.2) is 0 Å². The predicted molar refractivity (Wildman–Crippen MR) is 69.5 cm³/mol. The quantitative estimate of drug-likeness (QED) is 0.702. The van der Waals surface area contributed by atoms with E-state index < -0.39 is 0 Å². The summed E-state index contributed by atoms with van der Waals surface area (Å²) in [5.41, 5.74) is 0.166. The van der Waals surface area contributed by atoms with Crippen molar-refractivity contribution in [3.63, 3.8) is 0 Å². The number of amides is 1. The first kappa shape index (κ1) is 15.4. The van der Waals surface area contributed by atoms with E-state index in [0.29, 0.717) is 6.54 Å². The zero-order chi connectivity index (χ0) is 12.8. The van der Waals surface area contributed by atoms with Crippen LogP contribution in [0.5, 0.6) is 0 Å². The summed E-state index contributed by atoms with van der Waals surface area (Å²) < 4.78 is 0. The topological polar surface area (TPSA) is 41.1 Å². The maximum atomic E-state index is 11.6. The van der Waals surface area contributed by atoms with Gasteiger partial charge < -0.3 is 10.6 Å². The Morgan fingerprint density at radius 3 is 2.06 bits per heavy atom. The van der Waals surface area contributed by atoms with Crippen molar-refractivity contribution in [1.29, 1.82) is 0 Å². The van der Waals surface area contributed by atoms with E-state index in [-0.39, 0.29) is 16.9 Å². The van der Waals surface area contributed by atoms with Crippen LogP contribution in [-0.2, 0) is 4.79 Å². The van der Waals surface area contributed by atoms with Crippen molar-refractivity contribution in [3.05, 3.63) is 0 Å². The number of rotatable bonds is 7. The molecule has 3 heteroatoms. The molecule has 0 radical (unpaired) electrons. The van der Waals surface area contributed by atoms with Gasteiger partial charge in [-0.3, -0.25) is 4.79 Å². The molecule has 96 valence electrons. The molecular formula is C13H28N2O. The van der Waals surface area contributed by atoms with Crippen LogP contribution in [0.1, 0.15) is 54.4 Å². The highest BCUT2D eigenvalue weighted by Crippen LogP contribution is 2.17. The Hall–Kier alpha value is -0.570. The van der Waals surface area contributed by atoms with Crippen LogP contribution in [0.3, 0.4) is 0 Å². The van der Waals surface area contributed by atoms with E-state index in [1.807, 2.05) is 13.8 Å². The molecule has 16 heavy (non-hydrogen) atoms. The van der Waals surface area contributed by atoms with Crippen molar-refractivity contribution in [1.82, 2.24) is 10.6 Å². The van der Waals surface area contributed by atoms with Crippen LogP contribution in [0.25, 0.3) is 0 Å². The highest BCUT2D eigenvalue weighted by molar-refractivity contribution is 5.78.